The van der Waals surface area contributed by atoms with Gasteiger partial charge in [-0.3, -0.25) is 4.79 Å². The molecule has 2 unspecified atom stereocenters. The topological polar surface area (TPSA) is 83.3 Å². The van der Waals surface area contributed by atoms with E-state index in [-0.39, 0.29) is 41.5 Å². The summed E-state index contributed by atoms with van der Waals surface area (Å²) in [5.41, 5.74) is 5.36. The Morgan fingerprint density at radius 2 is 1.58 bits per heavy atom. The lowest BCUT2D eigenvalue weighted by Crippen LogP contribution is -2.56. The number of pyridine rings is 1. The van der Waals surface area contributed by atoms with Crippen molar-refractivity contribution in [3.8, 4) is 17.2 Å². The average Bonchev–Trinajstić information content (AvgIpc) is 3.24. The molecule has 3 aromatic rings. The molecule has 6 heteroatoms. The van der Waals surface area contributed by atoms with Gasteiger partial charge in [-0.1, -0.05) is 48.5 Å². The Bertz CT molecular complexity index is 1320. The maximum atomic E-state index is 13.4. The van der Waals surface area contributed by atoms with E-state index >= 15 is 0 Å². The van der Waals surface area contributed by atoms with Gasteiger partial charge in [0, 0.05) is 30.1 Å². The number of amides is 1. The number of Topliss-reactive ketones (excluding diaryl/α,β-unsaturated/α-hetero) is 1. The molecule has 2 atom stereocenters. The minimum absolute atomic E-state index is 0.0234. The Hall–Kier alpha value is -3.98. The predicted octanol–water partition coefficient (Wildman–Crippen LogP) is 5.72. The van der Waals surface area contributed by atoms with Crippen molar-refractivity contribution in [2.45, 2.75) is 50.1 Å². The summed E-state index contributed by atoms with van der Waals surface area (Å²) in [6.07, 6.45) is 5.21. The zero-order valence-electron chi connectivity index (χ0n) is 20.0. The van der Waals surface area contributed by atoms with Gasteiger partial charge >= 0.3 is 6.09 Å². The van der Waals surface area contributed by atoms with Gasteiger partial charge in [0.05, 0.1) is 5.56 Å². The van der Waals surface area contributed by atoms with E-state index in [1.807, 2.05) is 35.2 Å². The Morgan fingerprint density at radius 1 is 0.944 bits per heavy atom. The van der Waals surface area contributed by atoms with E-state index in [2.05, 4.69) is 29.2 Å². The largest absolute Gasteiger partial charge is 0.448 e. The fraction of sp³-hybridized carbons (Fsp3) is 0.333. The molecular formula is C30H27N3O3. The van der Waals surface area contributed by atoms with Crippen LogP contribution in [0, 0.1) is 17.2 Å². The second-order valence-electron chi connectivity index (χ2n) is 9.99. The number of rotatable bonds is 4. The lowest BCUT2D eigenvalue weighted by molar-refractivity contribution is 0.00649. The first-order valence-corrected chi connectivity index (χ1v) is 12.7. The third-order valence-electron chi connectivity index (χ3n) is 8.07. The minimum Gasteiger partial charge on any atom is -0.448 e. The van der Waals surface area contributed by atoms with Crippen molar-refractivity contribution in [1.82, 2.24) is 9.88 Å². The zero-order valence-corrected chi connectivity index (χ0v) is 20.0. The number of nitrogens with zero attached hydrogens (tertiary/aromatic N) is 3. The standard InChI is InChI=1S/C30H27N3O3/c31-17-28-26(13-6-14-32-28)29(34)19-15-20-7-5-8-21(16-19)33(20)30(35)36-18-27-24-11-3-1-9-22(24)23-10-2-4-12-25(23)27/h1-4,6,9-14,19-21,27H,5,7-8,15-16,18H2. The molecule has 3 heterocycles. The minimum atomic E-state index is -0.281. The molecule has 1 aromatic heterocycles. The highest BCUT2D eigenvalue weighted by Gasteiger charge is 2.44. The lowest BCUT2D eigenvalue weighted by atomic mass is 9.75. The van der Waals surface area contributed by atoms with Gasteiger partial charge in [0.25, 0.3) is 0 Å². The van der Waals surface area contributed by atoms with Gasteiger partial charge in [-0.25, -0.2) is 9.78 Å². The number of ether oxygens (including phenoxy) is 1. The van der Waals surface area contributed by atoms with Gasteiger partial charge in [-0.15, -0.1) is 0 Å². The number of carbonyl (C=O) groups excluding carboxylic acids is 2. The molecule has 1 amide bonds. The van der Waals surface area contributed by atoms with Gasteiger partial charge in [-0.05, 0) is 66.5 Å². The average molecular weight is 478 g/mol. The molecule has 2 fully saturated rings. The van der Waals surface area contributed by atoms with Crippen LogP contribution in [0.3, 0.4) is 0 Å². The van der Waals surface area contributed by atoms with Crippen molar-refractivity contribution in [2.75, 3.05) is 6.61 Å². The van der Waals surface area contributed by atoms with E-state index in [1.165, 1.54) is 28.5 Å². The summed E-state index contributed by atoms with van der Waals surface area (Å²) < 4.78 is 5.98. The van der Waals surface area contributed by atoms with Crippen LogP contribution in [-0.4, -0.2) is 40.5 Å². The van der Waals surface area contributed by atoms with E-state index in [4.69, 9.17) is 4.74 Å². The van der Waals surface area contributed by atoms with Gasteiger partial charge in [0.2, 0.25) is 0 Å². The van der Waals surface area contributed by atoms with Crippen LogP contribution in [0.4, 0.5) is 4.79 Å². The van der Waals surface area contributed by atoms with Crippen LogP contribution in [0.25, 0.3) is 11.1 Å². The lowest BCUT2D eigenvalue weighted by Gasteiger charge is -2.47. The molecule has 0 spiro atoms. The number of benzene rings is 2. The third kappa shape index (κ3) is 3.76. The van der Waals surface area contributed by atoms with E-state index < -0.39 is 0 Å². The molecule has 2 aliphatic heterocycles. The number of hydrogen-bond donors (Lipinski definition) is 0. The number of aromatic nitrogens is 1. The molecule has 0 N–H and O–H groups in total. The van der Waals surface area contributed by atoms with Crippen molar-refractivity contribution >= 4 is 11.9 Å². The molecule has 0 saturated carbocycles. The van der Waals surface area contributed by atoms with Crippen molar-refractivity contribution in [2.24, 2.45) is 5.92 Å². The highest BCUT2D eigenvalue weighted by atomic mass is 16.6. The number of fused-ring (bicyclic) bond motifs is 5. The Kier molecular flexibility index (Phi) is 5.77. The van der Waals surface area contributed by atoms with E-state index in [1.54, 1.807) is 12.1 Å². The summed E-state index contributed by atoms with van der Waals surface area (Å²) in [6, 6.07) is 22.0. The Balaban J connectivity index is 1.17. The number of piperidine rings is 2. The molecule has 2 aromatic carbocycles. The number of hydrogen-bond acceptors (Lipinski definition) is 5. The van der Waals surface area contributed by atoms with Crippen LogP contribution in [0.2, 0.25) is 0 Å². The first-order chi connectivity index (χ1) is 17.7. The highest BCUT2D eigenvalue weighted by molar-refractivity contribution is 5.99. The van der Waals surface area contributed by atoms with Gasteiger partial charge < -0.3 is 9.64 Å². The van der Waals surface area contributed by atoms with Crippen molar-refractivity contribution in [3.63, 3.8) is 0 Å². The molecule has 6 nitrogen and oxygen atoms in total. The maximum Gasteiger partial charge on any atom is 0.410 e. The van der Waals surface area contributed by atoms with E-state index in [9.17, 15) is 14.9 Å². The summed E-state index contributed by atoms with van der Waals surface area (Å²) in [5.74, 6) is -0.228. The molecule has 6 rings (SSSR count). The van der Waals surface area contributed by atoms with Gasteiger partial charge in [-0.2, -0.15) is 5.26 Å². The molecular weight excluding hydrogens is 450 g/mol. The summed E-state index contributed by atoms with van der Waals surface area (Å²) in [6.45, 7) is 0.298. The second kappa shape index (κ2) is 9.23. The van der Waals surface area contributed by atoms with Crippen LogP contribution in [0.15, 0.2) is 66.9 Å². The molecule has 2 bridgehead atoms. The maximum absolute atomic E-state index is 13.4. The van der Waals surface area contributed by atoms with Crippen LogP contribution < -0.4 is 0 Å². The third-order valence-corrected chi connectivity index (χ3v) is 8.07. The molecule has 3 aliphatic rings. The summed E-state index contributed by atoms with van der Waals surface area (Å²) in [7, 11) is 0. The SMILES string of the molecule is N#Cc1ncccc1C(=O)C1CC2CCCC(C1)N2C(=O)OCC1c2ccccc2-c2ccccc21. The highest BCUT2D eigenvalue weighted by Crippen LogP contribution is 2.45. The smallest absolute Gasteiger partial charge is 0.410 e. The van der Waals surface area contributed by atoms with Crippen LogP contribution >= 0.6 is 0 Å². The van der Waals surface area contributed by atoms with Crippen molar-refractivity contribution in [3.05, 3.63) is 89.2 Å². The summed E-state index contributed by atoms with van der Waals surface area (Å²) in [5, 5.41) is 9.38. The van der Waals surface area contributed by atoms with Crippen molar-refractivity contribution in [1.29, 1.82) is 5.26 Å². The molecule has 180 valence electrons. The number of carbonyl (C=O) groups is 2. The quantitative estimate of drug-likeness (QED) is 0.449. The van der Waals surface area contributed by atoms with Gasteiger partial charge in [0.1, 0.15) is 12.7 Å². The molecule has 1 aliphatic carbocycles. The van der Waals surface area contributed by atoms with Crippen LogP contribution in [-0.2, 0) is 4.74 Å². The fourth-order valence-electron chi connectivity index (χ4n) is 6.48. The normalized spacial score (nSPS) is 22.3. The van der Waals surface area contributed by atoms with Crippen LogP contribution in [0.1, 0.15) is 65.2 Å². The molecule has 36 heavy (non-hydrogen) atoms. The predicted molar refractivity (Wildman–Crippen MR) is 134 cm³/mol. The summed E-state index contributed by atoms with van der Waals surface area (Å²) >= 11 is 0. The first-order valence-electron chi connectivity index (χ1n) is 12.7. The Labute approximate surface area is 210 Å². The first kappa shape index (κ1) is 22.5. The molecule has 2 saturated heterocycles. The zero-order chi connectivity index (χ0) is 24.6. The monoisotopic (exact) mass is 477 g/mol. The fourth-order valence-corrected chi connectivity index (χ4v) is 6.48. The van der Waals surface area contributed by atoms with Crippen molar-refractivity contribution < 1.29 is 14.3 Å². The van der Waals surface area contributed by atoms with Gasteiger partial charge in [0.15, 0.2) is 11.5 Å². The molecule has 0 radical (unpaired) electrons. The Morgan fingerprint density at radius 3 is 2.22 bits per heavy atom. The van der Waals surface area contributed by atoms with E-state index in [0.29, 0.717) is 25.0 Å². The van der Waals surface area contributed by atoms with E-state index in [0.717, 1.165) is 19.3 Å². The number of ketones is 1. The number of nitriles is 1. The van der Waals surface area contributed by atoms with Crippen LogP contribution in [0.5, 0.6) is 0 Å². The summed E-state index contributed by atoms with van der Waals surface area (Å²) in [4.78, 5) is 32.7. The second-order valence-corrected chi connectivity index (χ2v) is 9.99.